The van der Waals surface area contributed by atoms with Crippen LogP contribution in [0.3, 0.4) is 0 Å². The van der Waals surface area contributed by atoms with E-state index in [4.69, 9.17) is 15.9 Å². The first-order valence-corrected chi connectivity index (χ1v) is 8.29. The third-order valence-electron chi connectivity index (χ3n) is 3.10. The first kappa shape index (κ1) is 17.9. The number of hydrogen-bond acceptors (Lipinski definition) is 2. The summed E-state index contributed by atoms with van der Waals surface area (Å²) in [4.78, 5) is 0. The minimum absolute atomic E-state index is 0.612. The van der Waals surface area contributed by atoms with E-state index in [1.54, 1.807) is 0 Å². The second-order valence-electron chi connectivity index (χ2n) is 5.99. The Morgan fingerprint density at radius 2 is 1.52 bits per heavy atom. The third kappa shape index (κ3) is 6.44. The topological polar surface area (TPSA) is 18.5 Å². The van der Waals surface area contributed by atoms with E-state index >= 15 is 0 Å². The minimum Gasteiger partial charge on any atom is -0.492 e. The van der Waals surface area contributed by atoms with Crippen LogP contribution >= 0.6 is 15.9 Å². The van der Waals surface area contributed by atoms with Gasteiger partial charge in [-0.15, -0.1) is 6.42 Å². The van der Waals surface area contributed by atoms with Gasteiger partial charge in [0.2, 0.25) is 0 Å². The molecular formula is C18H25BrO2. The lowest BCUT2D eigenvalue weighted by atomic mass is 10.1. The van der Waals surface area contributed by atoms with Crippen molar-refractivity contribution in [1.29, 1.82) is 0 Å². The van der Waals surface area contributed by atoms with E-state index < -0.39 is 0 Å². The van der Waals surface area contributed by atoms with Gasteiger partial charge in [-0.1, -0.05) is 33.6 Å². The normalized spacial score (nSPS) is 10.8. The first-order chi connectivity index (χ1) is 9.93. The van der Waals surface area contributed by atoms with E-state index in [2.05, 4.69) is 49.5 Å². The summed E-state index contributed by atoms with van der Waals surface area (Å²) in [5, 5.41) is 0. The number of rotatable bonds is 8. The zero-order valence-corrected chi connectivity index (χ0v) is 15.0. The van der Waals surface area contributed by atoms with Crippen LogP contribution in [-0.2, 0) is 0 Å². The van der Waals surface area contributed by atoms with E-state index in [-0.39, 0.29) is 0 Å². The standard InChI is InChI=1S/C18H25BrO2/c1-6-15-11-18(21-10-8-14(4)5)16(19)12-17(15)20-9-7-13(2)3/h1,11-14H,7-10H2,2-5H3. The number of terminal acetylenes is 1. The van der Waals surface area contributed by atoms with E-state index in [9.17, 15) is 0 Å². The molecule has 0 aliphatic rings. The Hall–Kier alpha value is -1.14. The fourth-order valence-corrected chi connectivity index (χ4v) is 2.12. The van der Waals surface area contributed by atoms with Crippen molar-refractivity contribution in [1.82, 2.24) is 0 Å². The molecule has 0 heterocycles. The lowest BCUT2D eigenvalue weighted by Gasteiger charge is -2.14. The summed E-state index contributed by atoms with van der Waals surface area (Å²) in [6.07, 6.45) is 7.60. The predicted molar refractivity (Wildman–Crippen MR) is 92.0 cm³/mol. The maximum atomic E-state index is 5.79. The van der Waals surface area contributed by atoms with Gasteiger partial charge in [0.25, 0.3) is 0 Å². The van der Waals surface area contributed by atoms with Crippen molar-refractivity contribution in [2.24, 2.45) is 11.8 Å². The summed E-state index contributed by atoms with van der Waals surface area (Å²) in [5.74, 6) is 5.42. The van der Waals surface area contributed by atoms with Gasteiger partial charge in [-0.3, -0.25) is 0 Å². The van der Waals surface area contributed by atoms with Crippen LogP contribution in [0.25, 0.3) is 0 Å². The van der Waals surface area contributed by atoms with E-state index in [1.165, 1.54) is 0 Å². The molecule has 0 saturated carbocycles. The van der Waals surface area contributed by atoms with Crippen LogP contribution in [0.4, 0.5) is 0 Å². The maximum absolute atomic E-state index is 5.79. The number of hydrogen-bond donors (Lipinski definition) is 0. The molecule has 0 unspecified atom stereocenters. The quantitative estimate of drug-likeness (QED) is 0.592. The zero-order valence-electron chi connectivity index (χ0n) is 13.4. The summed E-state index contributed by atoms with van der Waals surface area (Å²) >= 11 is 3.52. The lowest BCUT2D eigenvalue weighted by molar-refractivity contribution is 0.280. The van der Waals surface area contributed by atoms with Crippen molar-refractivity contribution in [3.63, 3.8) is 0 Å². The molecule has 1 aromatic rings. The first-order valence-electron chi connectivity index (χ1n) is 7.49. The molecule has 0 aromatic heterocycles. The van der Waals surface area contributed by atoms with Gasteiger partial charge in [-0.05, 0) is 46.7 Å². The summed E-state index contributed by atoms with van der Waals surface area (Å²) in [6, 6.07) is 3.77. The highest BCUT2D eigenvalue weighted by atomic mass is 79.9. The molecule has 0 radical (unpaired) electrons. The van der Waals surface area contributed by atoms with E-state index in [0.717, 1.165) is 34.4 Å². The van der Waals surface area contributed by atoms with Crippen molar-refractivity contribution in [2.45, 2.75) is 40.5 Å². The van der Waals surface area contributed by atoms with Crippen molar-refractivity contribution in [3.05, 3.63) is 22.2 Å². The summed E-state index contributed by atoms with van der Waals surface area (Å²) < 4.78 is 12.5. The van der Waals surface area contributed by atoms with Crippen LogP contribution < -0.4 is 9.47 Å². The molecule has 1 aromatic carbocycles. The largest absolute Gasteiger partial charge is 0.492 e. The summed E-state index contributed by atoms with van der Waals surface area (Å²) in [5.41, 5.74) is 0.738. The molecule has 0 N–H and O–H groups in total. The molecule has 0 atom stereocenters. The van der Waals surface area contributed by atoms with Crippen LogP contribution in [0.15, 0.2) is 16.6 Å². The molecule has 0 fully saturated rings. The molecule has 0 bridgehead atoms. The van der Waals surface area contributed by atoms with Crippen molar-refractivity contribution >= 4 is 15.9 Å². The van der Waals surface area contributed by atoms with Crippen LogP contribution in [0, 0.1) is 24.2 Å². The van der Waals surface area contributed by atoms with Crippen LogP contribution in [0.2, 0.25) is 0 Å². The Balaban J connectivity index is 2.75. The highest BCUT2D eigenvalue weighted by Crippen LogP contribution is 2.33. The highest BCUT2D eigenvalue weighted by Gasteiger charge is 2.10. The fraction of sp³-hybridized carbons (Fsp3) is 0.556. The molecule has 0 saturated heterocycles. The average Bonchev–Trinajstić information content (AvgIpc) is 2.40. The maximum Gasteiger partial charge on any atom is 0.136 e. The Kier molecular flexibility index (Phi) is 7.67. The SMILES string of the molecule is C#Cc1cc(OCCC(C)C)c(Br)cc1OCCC(C)C. The molecule has 2 nitrogen and oxygen atoms in total. The second-order valence-corrected chi connectivity index (χ2v) is 6.84. The number of benzene rings is 1. The molecule has 0 spiro atoms. The van der Waals surface area contributed by atoms with Crippen molar-refractivity contribution < 1.29 is 9.47 Å². The minimum atomic E-state index is 0.612. The van der Waals surface area contributed by atoms with Gasteiger partial charge in [0.1, 0.15) is 11.5 Å². The number of ether oxygens (including phenoxy) is 2. The molecule has 0 aliphatic heterocycles. The van der Waals surface area contributed by atoms with Crippen LogP contribution in [0.5, 0.6) is 11.5 Å². The highest BCUT2D eigenvalue weighted by molar-refractivity contribution is 9.10. The molecule has 116 valence electrons. The van der Waals surface area contributed by atoms with Gasteiger partial charge < -0.3 is 9.47 Å². The lowest BCUT2D eigenvalue weighted by Crippen LogP contribution is -2.05. The monoisotopic (exact) mass is 352 g/mol. The zero-order chi connectivity index (χ0) is 15.8. The summed E-state index contributed by atoms with van der Waals surface area (Å²) in [6.45, 7) is 10.1. The van der Waals surface area contributed by atoms with Gasteiger partial charge >= 0.3 is 0 Å². The second kappa shape index (κ2) is 9.00. The van der Waals surface area contributed by atoms with Crippen LogP contribution in [0.1, 0.15) is 46.1 Å². The van der Waals surface area contributed by atoms with Gasteiger partial charge in [-0.25, -0.2) is 0 Å². The molecule has 1 rings (SSSR count). The number of halogens is 1. The third-order valence-corrected chi connectivity index (χ3v) is 3.71. The summed E-state index contributed by atoms with van der Waals surface area (Å²) in [7, 11) is 0. The predicted octanol–water partition coefficient (Wildman–Crippen LogP) is 5.28. The Morgan fingerprint density at radius 3 is 2.00 bits per heavy atom. The molecule has 21 heavy (non-hydrogen) atoms. The smallest absolute Gasteiger partial charge is 0.136 e. The Labute approximate surface area is 137 Å². The fourth-order valence-electron chi connectivity index (χ4n) is 1.69. The average molecular weight is 353 g/mol. The Morgan fingerprint density at radius 1 is 1.00 bits per heavy atom. The van der Waals surface area contributed by atoms with E-state index in [1.807, 2.05) is 12.1 Å². The van der Waals surface area contributed by atoms with Gasteiger partial charge in [-0.2, -0.15) is 0 Å². The molecule has 3 heteroatoms. The molecular weight excluding hydrogens is 328 g/mol. The van der Waals surface area contributed by atoms with E-state index in [0.29, 0.717) is 25.0 Å². The van der Waals surface area contributed by atoms with Crippen molar-refractivity contribution in [3.8, 4) is 23.8 Å². The Bertz CT molecular complexity index is 487. The van der Waals surface area contributed by atoms with Gasteiger partial charge in [0.15, 0.2) is 0 Å². The van der Waals surface area contributed by atoms with Crippen molar-refractivity contribution in [2.75, 3.05) is 13.2 Å². The van der Waals surface area contributed by atoms with Gasteiger partial charge in [0.05, 0.1) is 23.2 Å². The molecule has 0 amide bonds. The van der Waals surface area contributed by atoms with Crippen LogP contribution in [-0.4, -0.2) is 13.2 Å². The van der Waals surface area contributed by atoms with Gasteiger partial charge in [0, 0.05) is 6.07 Å². The molecule has 0 aliphatic carbocycles.